The molecule has 0 spiro atoms. The quantitative estimate of drug-likeness (QED) is 0.913. The Morgan fingerprint density at radius 1 is 1.29 bits per heavy atom. The Hall–Kier alpha value is -2.21. The zero-order valence-corrected chi connectivity index (χ0v) is 14.0. The molecule has 2 aromatic heterocycles. The van der Waals surface area contributed by atoms with E-state index in [1.54, 1.807) is 4.90 Å². The van der Waals surface area contributed by atoms with Gasteiger partial charge in [0, 0.05) is 37.6 Å². The molecule has 0 fully saturated rings. The SMILES string of the molecule is CN1CCn2nc3c(c2C1=O)CC(NCCc1ccncc1)CC3. The highest BCUT2D eigenvalue weighted by Crippen LogP contribution is 2.27. The van der Waals surface area contributed by atoms with Crippen molar-refractivity contribution in [3.05, 3.63) is 47.0 Å². The molecule has 0 radical (unpaired) electrons. The van der Waals surface area contributed by atoms with Gasteiger partial charge >= 0.3 is 0 Å². The van der Waals surface area contributed by atoms with Gasteiger partial charge in [0.25, 0.3) is 5.91 Å². The molecule has 2 aliphatic rings. The average molecular weight is 325 g/mol. The Morgan fingerprint density at radius 3 is 2.96 bits per heavy atom. The number of rotatable bonds is 4. The number of nitrogens with one attached hydrogen (secondary N) is 1. The van der Waals surface area contributed by atoms with Crippen LogP contribution in [0.1, 0.15) is 33.7 Å². The number of carbonyl (C=O) groups excluding carboxylic acids is 1. The smallest absolute Gasteiger partial charge is 0.272 e. The lowest BCUT2D eigenvalue weighted by molar-refractivity contribution is 0.0741. The van der Waals surface area contributed by atoms with E-state index < -0.39 is 0 Å². The lowest BCUT2D eigenvalue weighted by atomic mass is 9.91. The number of pyridine rings is 1. The highest BCUT2D eigenvalue weighted by molar-refractivity contribution is 5.94. The molecule has 126 valence electrons. The summed E-state index contributed by atoms with van der Waals surface area (Å²) in [7, 11) is 1.87. The summed E-state index contributed by atoms with van der Waals surface area (Å²) in [5.74, 6) is 0.118. The number of hydrogen-bond donors (Lipinski definition) is 1. The van der Waals surface area contributed by atoms with Gasteiger partial charge in [-0.3, -0.25) is 14.5 Å². The highest BCUT2D eigenvalue weighted by atomic mass is 16.2. The van der Waals surface area contributed by atoms with Crippen LogP contribution in [0.3, 0.4) is 0 Å². The Labute approximate surface area is 141 Å². The summed E-state index contributed by atoms with van der Waals surface area (Å²) in [6.45, 7) is 2.51. The predicted molar refractivity (Wildman–Crippen MR) is 90.9 cm³/mol. The highest BCUT2D eigenvalue weighted by Gasteiger charge is 2.32. The molecule has 1 unspecified atom stereocenters. The fourth-order valence-corrected chi connectivity index (χ4v) is 3.70. The monoisotopic (exact) mass is 325 g/mol. The molecule has 0 saturated carbocycles. The normalized spacial score (nSPS) is 20.0. The van der Waals surface area contributed by atoms with Gasteiger partial charge in [-0.1, -0.05) is 0 Å². The van der Waals surface area contributed by atoms with Crippen LogP contribution in [0.15, 0.2) is 24.5 Å². The third-order valence-electron chi connectivity index (χ3n) is 5.11. The molecule has 0 bridgehead atoms. The Balaban J connectivity index is 1.42. The summed E-state index contributed by atoms with van der Waals surface area (Å²) in [5.41, 5.74) is 4.41. The van der Waals surface area contributed by atoms with Crippen LogP contribution in [0.25, 0.3) is 0 Å². The van der Waals surface area contributed by atoms with Gasteiger partial charge in [-0.25, -0.2) is 0 Å². The summed E-state index contributed by atoms with van der Waals surface area (Å²) in [4.78, 5) is 18.3. The first-order valence-electron chi connectivity index (χ1n) is 8.68. The first-order chi connectivity index (χ1) is 11.7. The standard InChI is InChI=1S/C18H23N5O/c1-22-10-11-23-17(18(22)24)15-12-14(2-3-16(15)21-23)20-9-6-13-4-7-19-8-5-13/h4-5,7-8,14,20H,2-3,6,9-12H2,1H3. The van der Waals surface area contributed by atoms with E-state index in [9.17, 15) is 4.79 Å². The zero-order valence-electron chi connectivity index (χ0n) is 14.0. The number of fused-ring (bicyclic) bond motifs is 3. The Bertz CT molecular complexity index is 739. The molecule has 2 aromatic rings. The van der Waals surface area contributed by atoms with Crippen molar-refractivity contribution in [1.29, 1.82) is 0 Å². The number of aromatic nitrogens is 3. The average Bonchev–Trinajstić information content (AvgIpc) is 2.98. The second kappa shape index (κ2) is 6.36. The number of likely N-dealkylation sites (N-methyl/N-ethyl adjacent to an activating group) is 1. The minimum atomic E-state index is 0.118. The molecule has 0 saturated heterocycles. The molecule has 3 heterocycles. The summed E-state index contributed by atoms with van der Waals surface area (Å²) in [6, 6.07) is 4.54. The molecule has 4 rings (SSSR count). The summed E-state index contributed by atoms with van der Waals surface area (Å²) in [6.07, 6.45) is 7.62. The van der Waals surface area contributed by atoms with Crippen LogP contribution in [0.5, 0.6) is 0 Å². The molecule has 1 aliphatic heterocycles. The molecule has 1 N–H and O–H groups in total. The number of carbonyl (C=O) groups is 1. The van der Waals surface area contributed by atoms with Crippen molar-refractivity contribution in [3.63, 3.8) is 0 Å². The summed E-state index contributed by atoms with van der Waals surface area (Å²) < 4.78 is 1.92. The Morgan fingerprint density at radius 2 is 2.12 bits per heavy atom. The van der Waals surface area contributed by atoms with Crippen LogP contribution < -0.4 is 5.32 Å². The maximum Gasteiger partial charge on any atom is 0.272 e. The van der Waals surface area contributed by atoms with Gasteiger partial charge in [-0.2, -0.15) is 5.10 Å². The van der Waals surface area contributed by atoms with Crippen LogP contribution in [0.2, 0.25) is 0 Å². The number of nitrogens with zero attached hydrogens (tertiary/aromatic N) is 4. The molecule has 1 aliphatic carbocycles. The van der Waals surface area contributed by atoms with Gasteiger partial charge in [0.1, 0.15) is 5.69 Å². The largest absolute Gasteiger partial charge is 0.339 e. The van der Waals surface area contributed by atoms with Crippen molar-refractivity contribution in [3.8, 4) is 0 Å². The van der Waals surface area contributed by atoms with E-state index in [2.05, 4.69) is 27.5 Å². The van der Waals surface area contributed by atoms with Gasteiger partial charge in [0.15, 0.2) is 0 Å². The third-order valence-corrected chi connectivity index (χ3v) is 5.11. The summed E-state index contributed by atoms with van der Waals surface area (Å²) >= 11 is 0. The molecule has 1 atom stereocenters. The van der Waals surface area contributed by atoms with E-state index in [0.29, 0.717) is 6.04 Å². The molecule has 24 heavy (non-hydrogen) atoms. The van der Waals surface area contributed by atoms with Crippen LogP contribution in [-0.2, 0) is 25.8 Å². The van der Waals surface area contributed by atoms with Gasteiger partial charge in [-0.05, 0) is 49.9 Å². The van der Waals surface area contributed by atoms with Gasteiger partial charge < -0.3 is 10.2 Å². The van der Waals surface area contributed by atoms with Crippen molar-refractivity contribution in [1.82, 2.24) is 25.0 Å². The fraction of sp³-hybridized carbons (Fsp3) is 0.500. The van der Waals surface area contributed by atoms with E-state index in [0.717, 1.165) is 56.7 Å². The van der Waals surface area contributed by atoms with Crippen molar-refractivity contribution >= 4 is 5.91 Å². The second-order valence-corrected chi connectivity index (χ2v) is 6.72. The van der Waals surface area contributed by atoms with E-state index in [1.807, 2.05) is 24.1 Å². The third kappa shape index (κ3) is 2.82. The van der Waals surface area contributed by atoms with Gasteiger partial charge in [0.2, 0.25) is 0 Å². The minimum Gasteiger partial charge on any atom is -0.339 e. The van der Waals surface area contributed by atoms with Crippen molar-refractivity contribution in [2.24, 2.45) is 0 Å². The minimum absolute atomic E-state index is 0.118. The number of hydrogen-bond acceptors (Lipinski definition) is 4. The van der Waals surface area contributed by atoms with E-state index in [-0.39, 0.29) is 5.91 Å². The zero-order chi connectivity index (χ0) is 16.5. The van der Waals surface area contributed by atoms with Gasteiger partial charge in [0.05, 0.1) is 12.2 Å². The lowest BCUT2D eigenvalue weighted by Gasteiger charge is -2.26. The van der Waals surface area contributed by atoms with Gasteiger partial charge in [-0.15, -0.1) is 0 Å². The lowest BCUT2D eigenvalue weighted by Crippen LogP contribution is -2.39. The van der Waals surface area contributed by atoms with Crippen LogP contribution >= 0.6 is 0 Å². The van der Waals surface area contributed by atoms with Crippen LogP contribution in [-0.4, -0.2) is 51.8 Å². The molecular formula is C18H23N5O. The maximum atomic E-state index is 12.5. The number of aryl methyl sites for hydroxylation is 1. The second-order valence-electron chi connectivity index (χ2n) is 6.72. The van der Waals surface area contributed by atoms with Crippen LogP contribution in [0.4, 0.5) is 0 Å². The van der Waals surface area contributed by atoms with Crippen molar-refractivity contribution in [2.45, 2.75) is 38.3 Å². The van der Waals surface area contributed by atoms with E-state index in [4.69, 9.17) is 0 Å². The Kier molecular flexibility index (Phi) is 4.06. The fourth-order valence-electron chi connectivity index (χ4n) is 3.70. The molecule has 6 nitrogen and oxygen atoms in total. The predicted octanol–water partition coefficient (Wildman–Crippen LogP) is 1.05. The molecule has 6 heteroatoms. The topological polar surface area (TPSA) is 63.1 Å². The number of amides is 1. The van der Waals surface area contributed by atoms with Crippen LogP contribution in [0, 0.1) is 0 Å². The van der Waals surface area contributed by atoms with E-state index in [1.165, 1.54) is 11.1 Å². The first kappa shape index (κ1) is 15.3. The molecule has 1 amide bonds. The summed E-state index contributed by atoms with van der Waals surface area (Å²) in [5, 5.41) is 8.32. The molecule has 0 aromatic carbocycles. The first-order valence-corrected chi connectivity index (χ1v) is 8.68. The maximum absolute atomic E-state index is 12.5. The van der Waals surface area contributed by atoms with E-state index >= 15 is 0 Å². The molecular weight excluding hydrogens is 302 g/mol. The van der Waals surface area contributed by atoms with Crippen molar-refractivity contribution < 1.29 is 4.79 Å². The van der Waals surface area contributed by atoms with Crippen molar-refractivity contribution in [2.75, 3.05) is 20.1 Å².